The molecule has 2 amide bonds. The summed E-state index contributed by atoms with van der Waals surface area (Å²) in [5.41, 5.74) is 9.68. The second kappa shape index (κ2) is 12.8. The lowest BCUT2D eigenvalue weighted by atomic mass is 9.69. The van der Waals surface area contributed by atoms with Gasteiger partial charge in [0.1, 0.15) is 0 Å². The van der Waals surface area contributed by atoms with Crippen LogP contribution >= 0.6 is 22.7 Å². The predicted molar refractivity (Wildman–Crippen MR) is 202 cm³/mol. The fourth-order valence-electron chi connectivity index (χ4n) is 7.56. The monoisotopic (exact) mass is 708 g/mol. The summed E-state index contributed by atoms with van der Waals surface area (Å²) in [7, 11) is 0. The average Bonchev–Trinajstić information content (AvgIpc) is 3.62. The molecule has 2 saturated heterocycles. The van der Waals surface area contributed by atoms with Gasteiger partial charge in [0.2, 0.25) is 0 Å². The van der Waals surface area contributed by atoms with E-state index in [9.17, 15) is 9.59 Å². The van der Waals surface area contributed by atoms with Gasteiger partial charge >= 0.3 is 0 Å². The third kappa shape index (κ3) is 5.50. The number of aromatic amines is 2. The highest BCUT2D eigenvalue weighted by atomic mass is 32.1. The summed E-state index contributed by atoms with van der Waals surface area (Å²) >= 11 is 3.42. The molecular weight excluding hydrogens is 673 g/mol. The molecule has 51 heavy (non-hydrogen) atoms. The minimum atomic E-state index is -0.224. The number of H-pyrrole nitrogens is 2. The summed E-state index contributed by atoms with van der Waals surface area (Å²) in [6.07, 6.45) is 11.3. The van der Waals surface area contributed by atoms with Crippen molar-refractivity contribution in [2.24, 2.45) is 0 Å². The molecule has 2 unspecified atom stereocenters. The van der Waals surface area contributed by atoms with Crippen LogP contribution < -0.4 is 0 Å². The Kier molecular flexibility index (Phi) is 7.93. The van der Waals surface area contributed by atoms with Crippen LogP contribution in [0.5, 0.6) is 0 Å². The van der Waals surface area contributed by atoms with Crippen molar-refractivity contribution in [2.45, 2.75) is 30.1 Å². The summed E-state index contributed by atoms with van der Waals surface area (Å²) in [6.45, 7) is 3.36. The maximum atomic E-state index is 12.6. The number of likely N-dealkylation sites (tertiary alicyclic amines) is 1. The van der Waals surface area contributed by atoms with Gasteiger partial charge in [0, 0.05) is 72.4 Å². The van der Waals surface area contributed by atoms with Crippen molar-refractivity contribution in [2.75, 3.05) is 26.2 Å². The van der Waals surface area contributed by atoms with Gasteiger partial charge in [-0.15, -0.1) is 0 Å². The lowest BCUT2D eigenvalue weighted by molar-refractivity contribution is 0.0645. The quantitative estimate of drug-likeness (QED) is 0.177. The van der Waals surface area contributed by atoms with Crippen molar-refractivity contribution < 1.29 is 9.59 Å². The highest BCUT2D eigenvalue weighted by molar-refractivity contribution is 7.08. The highest BCUT2D eigenvalue weighted by Crippen LogP contribution is 2.44. The Morgan fingerprint density at radius 1 is 0.588 bits per heavy atom. The predicted octanol–water partition coefficient (Wildman–Crippen LogP) is 7.36. The molecule has 0 bridgehead atoms. The van der Waals surface area contributed by atoms with Crippen molar-refractivity contribution in [3.63, 3.8) is 0 Å². The van der Waals surface area contributed by atoms with Crippen LogP contribution in [0.15, 0.2) is 106 Å². The standard InChI is InChI=1S/C21H19N3OS.C20H17N3OS/c25-20(24-10-4-11-24)19-17-7-9-21(13-18(17)22-23-19,16-8-12-26-14-16)15-5-2-1-3-6-15;24-19(23-9-10-23)18-16-6-8-20(12-17(16)21-22-18,15-7-11-25-13-15)14-4-2-1-3-5-14/h1-3,5-9,12,14H,4,10-11,13H2,(H,22,23);1-8,11,13H,9-10,12H2,(H,21,22). The first-order chi connectivity index (χ1) is 25.1. The Morgan fingerprint density at radius 2 is 1.04 bits per heavy atom. The minimum absolute atomic E-state index is 0.0323. The maximum Gasteiger partial charge on any atom is 0.275 e. The van der Waals surface area contributed by atoms with E-state index in [2.05, 4.69) is 127 Å². The lowest BCUT2D eigenvalue weighted by Gasteiger charge is -2.34. The molecule has 4 aromatic heterocycles. The Balaban J connectivity index is 0.000000137. The zero-order valence-electron chi connectivity index (χ0n) is 27.9. The number of allylic oxidation sites excluding steroid dienone is 2. The third-order valence-corrected chi connectivity index (χ3v) is 12.0. The molecule has 8 nitrogen and oxygen atoms in total. The zero-order chi connectivity index (χ0) is 34.4. The van der Waals surface area contributed by atoms with Crippen molar-refractivity contribution in [1.29, 1.82) is 0 Å². The van der Waals surface area contributed by atoms with E-state index >= 15 is 0 Å². The first kappa shape index (κ1) is 31.6. The van der Waals surface area contributed by atoms with Crippen LogP contribution in [0.25, 0.3) is 12.2 Å². The van der Waals surface area contributed by atoms with E-state index in [-0.39, 0.29) is 22.6 Å². The van der Waals surface area contributed by atoms with Crippen LogP contribution in [0.2, 0.25) is 0 Å². The Hall–Kier alpha value is -5.32. The van der Waals surface area contributed by atoms with Gasteiger partial charge in [0.15, 0.2) is 11.4 Å². The molecule has 2 atom stereocenters. The molecule has 6 heterocycles. The molecule has 254 valence electrons. The lowest BCUT2D eigenvalue weighted by Crippen LogP contribution is -2.42. The first-order valence-electron chi connectivity index (χ1n) is 17.3. The number of nitrogens with zero attached hydrogens (tertiary/aromatic N) is 4. The zero-order valence-corrected chi connectivity index (χ0v) is 29.6. The Labute approximate surface area is 304 Å². The molecule has 0 spiro atoms. The topological polar surface area (TPSA) is 97.7 Å². The molecule has 2 N–H and O–H groups in total. The Bertz CT molecular complexity index is 2250. The molecular formula is C41H36N6O2S2. The molecule has 2 fully saturated rings. The van der Waals surface area contributed by atoms with Crippen LogP contribution in [-0.4, -0.2) is 68.2 Å². The van der Waals surface area contributed by atoms with E-state index < -0.39 is 0 Å². The first-order valence-corrected chi connectivity index (χ1v) is 19.2. The second-order valence-electron chi connectivity index (χ2n) is 13.6. The molecule has 2 aliphatic heterocycles. The number of aromatic nitrogens is 4. The smallest absolute Gasteiger partial charge is 0.275 e. The van der Waals surface area contributed by atoms with Crippen molar-refractivity contribution in [3.8, 4) is 0 Å². The van der Waals surface area contributed by atoms with Gasteiger partial charge in [-0.1, -0.05) is 85.0 Å². The van der Waals surface area contributed by atoms with Gasteiger partial charge in [-0.25, -0.2) is 0 Å². The number of rotatable bonds is 6. The number of hydrogen-bond donors (Lipinski definition) is 2. The molecule has 0 saturated carbocycles. The van der Waals surface area contributed by atoms with Gasteiger partial charge in [0.25, 0.3) is 11.8 Å². The number of carbonyl (C=O) groups excluding carboxylic acids is 2. The molecule has 2 aromatic carbocycles. The van der Waals surface area contributed by atoms with Crippen LogP contribution in [0.3, 0.4) is 0 Å². The number of hydrogen-bond acceptors (Lipinski definition) is 6. The summed E-state index contributed by atoms with van der Waals surface area (Å²) in [5.74, 6) is 0.0750. The van der Waals surface area contributed by atoms with Crippen LogP contribution in [-0.2, 0) is 23.7 Å². The van der Waals surface area contributed by atoms with Gasteiger partial charge in [-0.05, 0) is 62.3 Å². The van der Waals surface area contributed by atoms with Crippen molar-refractivity contribution in [1.82, 2.24) is 30.2 Å². The molecule has 4 aliphatic rings. The van der Waals surface area contributed by atoms with E-state index in [1.807, 2.05) is 21.9 Å². The van der Waals surface area contributed by atoms with Crippen molar-refractivity contribution >= 4 is 46.6 Å². The fourth-order valence-corrected chi connectivity index (χ4v) is 9.04. The number of fused-ring (bicyclic) bond motifs is 2. The summed E-state index contributed by atoms with van der Waals surface area (Å²) in [6, 6.07) is 25.5. The van der Waals surface area contributed by atoms with Gasteiger partial charge in [-0.2, -0.15) is 32.9 Å². The second-order valence-corrected chi connectivity index (χ2v) is 15.1. The maximum absolute atomic E-state index is 12.6. The highest BCUT2D eigenvalue weighted by Gasteiger charge is 2.40. The van der Waals surface area contributed by atoms with Crippen LogP contribution in [0.4, 0.5) is 0 Å². The van der Waals surface area contributed by atoms with Crippen molar-refractivity contribution in [3.05, 3.63) is 163 Å². The number of amides is 2. The van der Waals surface area contributed by atoms with E-state index in [0.717, 1.165) is 68.0 Å². The normalized spacial score (nSPS) is 21.3. The van der Waals surface area contributed by atoms with Gasteiger partial charge in [-0.3, -0.25) is 19.8 Å². The summed E-state index contributed by atoms with van der Waals surface area (Å²) in [4.78, 5) is 28.7. The van der Waals surface area contributed by atoms with Crippen LogP contribution in [0, 0.1) is 0 Å². The SMILES string of the molecule is O=C(c1n[nH]c2c1C=CC(c1ccccc1)(c1ccsc1)C2)N1CC1.O=C(c1n[nH]c2c1C=CC(c1ccccc1)(c1ccsc1)C2)N1CCC1. The van der Waals surface area contributed by atoms with E-state index in [1.54, 1.807) is 22.7 Å². The molecule has 0 radical (unpaired) electrons. The van der Waals surface area contributed by atoms with Gasteiger partial charge in [0.05, 0.1) is 0 Å². The van der Waals surface area contributed by atoms with E-state index in [0.29, 0.717) is 11.4 Å². The largest absolute Gasteiger partial charge is 0.337 e. The number of benzene rings is 2. The van der Waals surface area contributed by atoms with E-state index in [1.165, 1.54) is 22.3 Å². The molecule has 6 aromatic rings. The minimum Gasteiger partial charge on any atom is -0.337 e. The molecule has 10 heteroatoms. The molecule has 2 aliphatic carbocycles. The number of thiophene rings is 2. The van der Waals surface area contributed by atoms with E-state index in [4.69, 9.17) is 0 Å². The summed E-state index contributed by atoms with van der Waals surface area (Å²) in [5, 5.41) is 23.7. The Morgan fingerprint density at radius 3 is 1.41 bits per heavy atom. The number of carbonyl (C=O) groups is 2. The third-order valence-electron chi connectivity index (χ3n) is 10.7. The average molecular weight is 709 g/mol. The molecule has 10 rings (SSSR count). The summed E-state index contributed by atoms with van der Waals surface area (Å²) < 4.78 is 0. The fraction of sp³-hybridized carbons (Fsp3) is 0.220. The number of nitrogens with one attached hydrogen (secondary N) is 2. The van der Waals surface area contributed by atoms with Gasteiger partial charge < -0.3 is 9.80 Å². The van der Waals surface area contributed by atoms with Crippen LogP contribution in [0.1, 0.15) is 72.2 Å².